The summed E-state index contributed by atoms with van der Waals surface area (Å²) in [4.78, 5) is 2.32. The normalized spacial score (nSPS) is 22.4. The van der Waals surface area contributed by atoms with Crippen LogP contribution in [0.25, 0.3) is 0 Å². The van der Waals surface area contributed by atoms with E-state index in [-0.39, 0.29) is 6.04 Å². The van der Waals surface area contributed by atoms with Crippen LogP contribution in [-0.4, -0.2) is 24.5 Å². The highest BCUT2D eigenvalue weighted by Crippen LogP contribution is 2.30. The molecule has 2 unspecified atom stereocenters. The van der Waals surface area contributed by atoms with Crippen molar-refractivity contribution in [2.45, 2.75) is 25.1 Å². The topological polar surface area (TPSA) is 38.5 Å². The molecule has 2 aromatic rings. The van der Waals surface area contributed by atoms with Crippen molar-refractivity contribution in [2.75, 3.05) is 13.6 Å². The van der Waals surface area contributed by atoms with Crippen molar-refractivity contribution < 1.29 is 4.74 Å². The summed E-state index contributed by atoms with van der Waals surface area (Å²) < 4.78 is 5.82. The Hall–Kier alpha value is -1.84. The number of benzene rings is 2. The number of ether oxygens (including phenoxy) is 1. The zero-order valence-electron chi connectivity index (χ0n) is 12.4. The molecule has 1 heterocycles. The first-order valence-corrected chi connectivity index (χ1v) is 7.46. The summed E-state index contributed by atoms with van der Waals surface area (Å²) in [6.45, 7) is 1.67. The third-order valence-electron chi connectivity index (χ3n) is 4.17. The maximum atomic E-state index is 6.20. The average Bonchev–Trinajstić information content (AvgIpc) is 2.86. The summed E-state index contributed by atoms with van der Waals surface area (Å²) in [5.74, 6) is 0.900. The number of hydrogen-bond donors (Lipinski definition) is 1. The van der Waals surface area contributed by atoms with Gasteiger partial charge in [0.2, 0.25) is 0 Å². The highest BCUT2D eigenvalue weighted by Gasteiger charge is 2.29. The van der Waals surface area contributed by atoms with Gasteiger partial charge in [-0.2, -0.15) is 0 Å². The summed E-state index contributed by atoms with van der Waals surface area (Å²) in [5.41, 5.74) is 8.65. The molecule has 1 aliphatic heterocycles. The Bertz CT molecular complexity index is 558. The highest BCUT2D eigenvalue weighted by atomic mass is 16.5. The zero-order valence-corrected chi connectivity index (χ0v) is 12.4. The Kier molecular flexibility index (Phi) is 4.23. The van der Waals surface area contributed by atoms with E-state index in [0.717, 1.165) is 18.7 Å². The van der Waals surface area contributed by atoms with Gasteiger partial charge in [-0.05, 0) is 36.7 Å². The van der Waals surface area contributed by atoms with Crippen molar-refractivity contribution in [2.24, 2.45) is 5.73 Å². The van der Waals surface area contributed by atoms with Crippen molar-refractivity contribution in [1.29, 1.82) is 0 Å². The second kappa shape index (κ2) is 6.29. The molecule has 0 aromatic heterocycles. The van der Waals surface area contributed by atoms with Gasteiger partial charge in [0.15, 0.2) is 0 Å². The molecule has 1 saturated heterocycles. The lowest BCUT2D eigenvalue weighted by atomic mass is 10.0. The summed E-state index contributed by atoms with van der Waals surface area (Å²) in [6.07, 6.45) is 1.06. The molecule has 21 heavy (non-hydrogen) atoms. The molecule has 0 spiro atoms. The Morgan fingerprint density at radius 3 is 2.43 bits per heavy atom. The molecule has 1 aliphatic rings. The minimum absolute atomic E-state index is 0.228. The van der Waals surface area contributed by atoms with Crippen LogP contribution in [0.15, 0.2) is 54.6 Å². The number of likely N-dealkylation sites (tertiary alicyclic amines) is 1. The highest BCUT2D eigenvalue weighted by molar-refractivity contribution is 5.31. The second-order valence-electron chi connectivity index (χ2n) is 5.72. The van der Waals surface area contributed by atoms with Crippen LogP contribution >= 0.6 is 0 Å². The van der Waals surface area contributed by atoms with Gasteiger partial charge in [-0.3, -0.25) is 4.90 Å². The molecule has 3 nitrogen and oxygen atoms in total. The van der Waals surface area contributed by atoms with Crippen LogP contribution in [0.1, 0.15) is 23.6 Å². The van der Waals surface area contributed by atoms with E-state index >= 15 is 0 Å². The second-order valence-corrected chi connectivity index (χ2v) is 5.72. The lowest BCUT2D eigenvalue weighted by Crippen LogP contribution is -2.29. The first-order chi connectivity index (χ1) is 10.2. The molecular formula is C18H22N2O. The fourth-order valence-corrected chi connectivity index (χ4v) is 2.98. The van der Waals surface area contributed by atoms with Crippen LogP contribution in [0.4, 0.5) is 0 Å². The predicted octanol–water partition coefficient (Wildman–Crippen LogP) is 2.97. The third kappa shape index (κ3) is 3.26. The number of hydrogen-bond acceptors (Lipinski definition) is 3. The van der Waals surface area contributed by atoms with Gasteiger partial charge < -0.3 is 10.5 Å². The quantitative estimate of drug-likeness (QED) is 0.937. The minimum Gasteiger partial charge on any atom is -0.489 e. The molecule has 2 atom stereocenters. The summed E-state index contributed by atoms with van der Waals surface area (Å²) >= 11 is 0. The zero-order chi connectivity index (χ0) is 14.7. The minimum atomic E-state index is 0.228. The van der Waals surface area contributed by atoms with Gasteiger partial charge in [0.05, 0.1) is 0 Å². The molecule has 1 fully saturated rings. The average molecular weight is 282 g/mol. The number of likely N-dealkylation sites (N-methyl/N-ethyl adjacent to an activating group) is 1. The van der Waals surface area contributed by atoms with Gasteiger partial charge in [0, 0.05) is 18.6 Å². The largest absolute Gasteiger partial charge is 0.489 e. The van der Waals surface area contributed by atoms with Gasteiger partial charge in [-0.1, -0.05) is 42.5 Å². The van der Waals surface area contributed by atoms with E-state index in [0.29, 0.717) is 12.6 Å². The molecule has 0 amide bonds. The molecule has 3 rings (SSSR count). The molecular weight excluding hydrogens is 260 g/mol. The first kappa shape index (κ1) is 14.1. The fourth-order valence-electron chi connectivity index (χ4n) is 2.98. The summed E-state index contributed by atoms with van der Waals surface area (Å²) in [6, 6.07) is 19.1. The Balaban J connectivity index is 1.64. The lowest BCUT2D eigenvalue weighted by Gasteiger charge is -2.23. The molecule has 2 aromatic carbocycles. The van der Waals surface area contributed by atoms with Crippen molar-refractivity contribution >= 4 is 0 Å². The van der Waals surface area contributed by atoms with E-state index in [1.807, 2.05) is 30.3 Å². The van der Waals surface area contributed by atoms with Crippen LogP contribution in [0.5, 0.6) is 5.75 Å². The van der Waals surface area contributed by atoms with Crippen LogP contribution < -0.4 is 10.5 Å². The summed E-state index contributed by atoms with van der Waals surface area (Å²) in [5, 5.41) is 0. The number of rotatable bonds is 4. The molecule has 110 valence electrons. The van der Waals surface area contributed by atoms with Crippen molar-refractivity contribution in [3.8, 4) is 5.75 Å². The van der Waals surface area contributed by atoms with E-state index in [1.165, 1.54) is 11.1 Å². The molecule has 0 aliphatic carbocycles. The van der Waals surface area contributed by atoms with Crippen molar-refractivity contribution in [3.63, 3.8) is 0 Å². The predicted molar refractivity (Wildman–Crippen MR) is 85.2 cm³/mol. The standard InChI is InChI=1S/C18H22N2O/c1-20-12-11-17(19)18(20)15-7-9-16(10-8-15)21-13-14-5-3-2-4-6-14/h2-10,17-18H,11-13,19H2,1H3. The lowest BCUT2D eigenvalue weighted by molar-refractivity contribution is 0.299. The molecule has 0 radical (unpaired) electrons. The molecule has 3 heteroatoms. The van der Waals surface area contributed by atoms with Crippen LogP contribution in [-0.2, 0) is 6.61 Å². The van der Waals surface area contributed by atoms with E-state index in [4.69, 9.17) is 10.5 Å². The fraction of sp³-hybridized carbons (Fsp3) is 0.333. The van der Waals surface area contributed by atoms with Gasteiger partial charge >= 0.3 is 0 Å². The van der Waals surface area contributed by atoms with E-state index in [9.17, 15) is 0 Å². The van der Waals surface area contributed by atoms with Gasteiger partial charge in [0.25, 0.3) is 0 Å². The maximum Gasteiger partial charge on any atom is 0.119 e. The smallest absolute Gasteiger partial charge is 0.119 e. The number of nitrogens with two attached hydrogens (primary N) is 1. The molecule has 0 saturated carbocycles. The Morgan fingerprint density at radius 2 is 1.81 bits per heavy atom. The Morgan fingerprint density at radius 1 is 1.10 bits per heavy atom. The van der Waals surface area contributed by atoms with Gasteiger partial charge in [-0.15, -0.1) is 0 Å². The third-order valence-corrected chi connectivity index (χ3v) is 4.17. The van der Waals surface area contributed by atoms with Gasteiger partial charge in [0.1, 0.15) is 12.4 Å². The van der Waals surface area contributed by atoms with Gasteiger partial charge in [-0.25, -0.2) is 0 Å². The van der Waals surface area contributed by atoms with Crippen LogP contribution in [0, 0.1) is 0 Å². The van der Waals surface area contributed by atoms with Crippen molar-refractivity contribution in [1.82, 2.24) is 4.90 Å². The Labute approximate surface area is 126 Å². The van der Waals surface area contributed by atoms with E-state index in [1.54, 1.807) is 0 Å². The molecule has 2 N–H and O–H groups in total. The van der Waals surface area contributed by atoms with Crippen LogP contribution in [0.2, 0.25) is 0 Å². The van der Waals surface area contributed by atoms with E-state index < -0.39 is 0 Å². The maximum absolute atomic E-state index is 6.20. The molecule has 0 bridgehead atoms. The monoisotopic (exact) mass is 282 g/mol. The summed E-state index contributed by atoms with van der Waals surface area (Å²) in [7, 11) is 2.14. The number of nitrogens with zero attached hydrogens (tertiary/aromatic N) is 1. The van der Waals surface area contributed by atoms with E-state index in [2.05, 4.69) is 36.2 Å². The SMILES string of the molecule is CN1CCC(N)C1c1ccc(OCc2ccccc2)cc1. The van der Waals surface area contributed by atoms with Crippen molar-refractivity contribution in [3.05, 3.63) is 65.7 Å². The first-order valence-electron chi connectivity index (χ1n) is 7.46. The van der Waals surface area contributed by atoms with Crippen LogP contribution in [0.3, 0.4) is 0 Å².